The Morgan fingerprint density at radius 3 is 2.25 bits per heavy atom. The Balaban J connectivity index is 1.48. The van der Waals surface area contributed by atoms with Gasteiger partial charge < -0.3 is 9.80 Å². The summed E-state index contributed by atoms with van der Waals surface area (Å²) in [7, 11) is 0. The van der Waals surface area contributed by atoms with E-state index in [2.05, 4.69) is 10.00 Å². The molecule has 3 heterocycles. The van der Waals surface area contributed by atoms with Crippen molar-refractivity contribution >= 4 is 28.7 Å². The number of Topliss-reactive ketones (excluding diaryl/α,β-unsaturated/α-hetero) is 1. The Kier molecular flexibility index (Phi) is 5.97. The van der Waals surface area contributed by atoms with E-state index in [4.69, 9.17) is 0 Å². The molecule has 1 aliphatic heterocycles. The van der Waals surface area contributed by atoms with Crippen LogP contribution >= 0.6 is 11.3 Å². The normalized spacial score (nSPS) is 14.5. The van der Waals surface area contributed by atoms with Crippen LogP contribution in [0.4, 0.5) is 5.69 Å². The van der Waals surface area contributed by atoms with Crippen molar-refractivity contribution < 1.29 is 9.59 Å². The van der Waals surface area contributed by atoms with E-state index < -0.39 is 5.54 Å². The summed E-state index contributed by atoms with van der Waals surface area (Å²) >= 11 is 1.54. The van der Waals surface area contributed by atoms with Gasteiger partial charge in [0.05, 0.1) is 4.88 Å². The summed E-state index contributed by atoms with van der Waals surface area (Å²) in [5.41, 5.74) is 0.998. The molecule has 1 saturated heterocycles. The molecule has 7 nitrogen and oxygen atoms in total. The van der Waals surface area contributed by atoms with Crippen LogP contribution in [0.25, 0.3) is 10.6 Å². The zero-order chi connectivity index (χ0) is 22.9. The van der Waals surface area contributed by atoms with E-state index in [0.29, 0.717) is 37.4 Å². The van der Waals surface area contributed by atoms with Crippen LogP contribution in [0, 0.1) is 0 Å². The Morgan fingerprint density at radius 2 is 1.66 bits per heavy atom. The minimum Gasteiger partial charge on any atom is -0.368 e. The largest absolute Gasteiger partial charge is 0.368 e. The maximum atomic E-state index is 13.4. The summed E-state index contributed by atoms with van der Waals surface area (Å²) in [5.74, 6) is -0.0804. The topological polar surface area (TPSA) is 75.5 Å². The van der Waals surface area contributed by atoms with E-state index in [-0.39, 0.29) is 17.2 Å². The fourth-order valence-electron chi connectivity index (χ4n) is 3.92. The number of thiophene rings is 1. The third-order valence-corrected chi connectivity index (χ3v) is 6.73. The van der Waals surface area contributed by atoms with Gasteiger partial charge in [-0.05, 0) is 62.5 Å². The van der Waals surface area contributed by atoms with Crippen molar-refractivity contribution in [3.8, 4) is 10.6 Å². The van der Waals surface area contributed by atoms with Gasteiger partial charge in [0.25, 0.3) is 5.56 Å². The highest BCUT2D eigenvalue weighted by Gasteiger charge is 2.37. The molecule has 0 radical (unpaired) electrons. The minimum absolute atomic E-state index is 0.0428. The number of nitrogens with zero attached hydrogens (tertiary/aromatic N) is 4. The fourth-order valence-corrected chi connectivity index (χ4v) is 4.61. The van der Waals surface area contributed by atoms with E-state index in [1.165, 1.54) is 10.7 Å². The van der Waals surface area contributed by atoms with Crippen molar-refractivity contribution in [2.45, 2.75) is 26.3 Å². The number of carbonyl (C=O) groups is 2. The number of rotatable bonds is 5. The summed E-state index contributed by atoms with van der Waals surface area (Å²) in [6.45, 7) is 7.50. The van der Waals surface area contributed by atoms with E-state index in [9.17, 15) is 14.4 Å². The smallest absolute Gasteiger partial charge is 0.267 e. The number of ketones is 1. The number of amides is 1. The molecule has 4 rings (SSSR count). The van der Waals surface area contributed by atoms with Crippen molar-refractivity contribution in [1.82, 2.24) is 14.7 Å². The van der Waals surface area contributed by atoms with Crippen molar-refractivity contribution in [1.29, 1.82) is 0 Å². The van der Waals surface area contributed by atoms with Crippen LogP contribution in [0.2, 0.25) is 0 Å². The summed E-state index contributed by atoms with van der Waals surface area (Å²) in [5, 5.41) is 6.47. The van der Waals surface area contributed by atoms with Crippen LogP contribution in [0.3, 0.4) is 0 Å². The molecule has 0 unspecified atom stereocenters. The van der Waals surface area contributed by atoms with Crippen LogP contribution in [0.5, 0.6) is 0 Å². The third-order valence-electron chi connectivity index (χ3n) is 5.83. The van der Waals surface area contributed by atoms with E-state index in [0.717, 1.165) is 10.6 Å². The number of hydrogen-bond acceptors (Lipinski definition) is 6. The van der Waals surface area contributed by atoms with Crippen LogP contribution < -0.4 is 10.5 Å². The van der Waals surface area contributed by atoms with Crippen molar-refractivity contribution in [2.75, 3.05) is 31.1 Å². The SMILES string of the molecule is CC(=O)c1ccc(N2CCN(C(=O)C(C)(C)n3nc(-c4cccs4)ccc3=O)CC2)cc1. The maximum Gasteiger partial charge on any atom is 0.267 e. The highest BCUT2D eigenvalue weighted by Crippen LogP contribution is 2.24. The molecule has 0 atom stereocenters. The predicted octanol–water partition coefficient (Wildman–Crippen LogP) is 3.26. The highest BCUT2D eigenvalue weighted by atomic mass is 32.1. The lowest BCUT2D eigenvalue weighted by Gasteiger charge is -2.39. The lowest BCUT2D eigenvalue weighted by atomic mass is 10.0. The van der Waals surface area contributed by atoms with Crippen LogP contribution in [-0.2, 0) is 10.3 Å². The second-order valence-corrected chi connectivity index (χ2v) is 9.33. The molecule has 3 aromatic rings. The maximum absolute atomic E-state index is 13.4. The summed E-state index contributed by atoms with van der Waals surface area (Å²) in [4.78, 5) is 42.4. The van der Waals surface area contributed by atoms with Gasteiger partial charge in [0.2, 0.25) is 5.91 Å². The molecule has 1 aromatic carbocycles. The predicted molar refractivity (Wildman–Crippen MR) is 126 cm³/mol. The average molecular weight is 451 g/mol. The Morgan fingerprint density at radius 1 is 0.969 bits per heavy atom. The monoisotopic (exact) mass is 450 g/mol. The Hall–Kier alpha value is -3.26. The molecule has 8 heteroatoms. The van der Waals surface area contributed by atoms with Crippen molar-refractivity contribution in [3.63, 3.8) is 0 Å². The molecule has 1 amide bonds. The summed E-state index contributed by atoms with van der Waals surface area (Å²) in [6.07, 6.45) is 0. The number of anilines is 1. The van der Waals surface area contributed by atoms with Gasteiger partial charge in [-0.2, -0.15) is 5.10 Å². The molecule has 2 aromatic heterocycles. The van der Waals surface area contributed by atoms with Crippen LogP contribution in [0.15, 0.2) is 58.7 Å². The van der Waals surface area contributed by atoms with Gasteiger partial charge in [0.15, 0.2) is 5.78 Å². The molecule has 0 aliphatic carbocycles. The number of aromatic nitrogens is 2. The molecule has 0 saturated carbocycles. The van der Waals surface area contributed by atoms with Gasteiger partial charge in [-0.25, -0.2) is 4.68 Å². The first-order valence-electron chi connectivity index (χ1n) is 10.6. The zero-order valence-corrected chi connectivity index (χ0v) is 19.3. The highest BCUT2D eigenvalue weighted by molar-refractivity contribution is 7.13. The Bertz CT molecular complexity index is 1170. The fraction of sp³-hybridized carbons (Fsp3) is 0.333. The summed E-state index contributed by atoms with van der Waals surface area (Å²) < 4.78 is 1.30. The lowest BCUT2D eigenvalue weighted by molar-refractivity contribution is -0.140. The molecule has 1 fully saturated rings. The lowest BCUT2D eigenvalue weighted by Crippen LogP contribution is -2.56. The molecule has 1 aliphatic rings. The van der Waals surface area contributed by atoms with Crippen LogP contribution in [0.1, 0.15) is 31.1 Å². The molecule has 0 spiro atoms. The van der Waals surface area contributed by atoms with Gasteiger partial charge >= 0.3 is 0 Å². The molecular formula is C24H26N4O3S. The average Bonchev–Trinajstić information content (AvgIpc) is 3.34. The van der Waals surface area contributed by atoms with Gasteiger partial charge in [-0.1, -0.05) is 6.07 Å². The van der Waals surface area contributed by atoms with E-state index in [1.54, 1.807) is 43.1 Å². The zero-order valence-electron chi connectivity index (χ0n) is 18.4. The molecular weight excluding hydrogens is 424 g/mol. The standard InChI is InChI=1S/C24H26N4O3S/c1-17(29)18-6-8-19(9-7-18)26-12-14-27(15-13-26)23(31)24(2,3)28-22(30)11-10-20(25-28)21-5-4-16-32-21/h4-11,16H,12-15H2,1-3H3. The number of carbonyl (C=O) groups excluding carboxylic acids is 2. The van der Waals surface area contributed by atoms with Gasteiger partial charge in [0.1, 0.15) is 11.2 Å². The number of piperazine rings is 1. The molecule has 0 bridgehead atoms. The van der Waals surface area contributed by atoms with Crippen molar-refractivity contribution in [3.05, 3.63) is 69.8 Å². The second kappa shape index (κ2) is 8.70. The van der Waals surface area contributed by atoms with Crippen molar-refractivity contribution in [2.24, 2.45) is 0 Å². The molecule has 0 N–H and O–H groups in total. The quantitative estimate of drug-likeness (QED) is 0.558. The first kappa shape index (κ1) is 22.0. The van der Waals surface area contributed by atoms with Crippen LogP contribution in [-0.4, -0.2) is 52.5 Å². The van der Waals surface area contributed by atoms with E-state index in [1.807, 2.05) is 41.8 Å². The first-order chi connectivity index (χ1) is 15.3. The second-order valence-electron chi connectivity index (χ2n) is 8.39. The minimum atomic E-state index is -1.10. The Labute approximate surface area is 190 Å². The first-order valence-corrected chi connectivity index (χ1v) is 11.5. The molecule has 32 heavy (non-hydrogen) atoms. The summed E-state index contributed by atoms with van der Waals surface area (Å²) in [6, 6.07) is 14.6. The van der Waals surface area contributed by atoms with Gasteiger partial charge in [-0.15, -0.1) is 11.3 Å². The van der Waals surface area contributed by atoms with Gasteiger partial charge in [-0.3, -0.25) is 14.4 Å². The third kappa shape index (κ3) is 4.23. The van der Waals surface area contributed by atoms with Gasteiger partial charge in [0, 0.05) is 43.5 Å². The molecule has 166 valence electrons. The number of hydrogen-bond donors (Lipinski definition) is 0. The number of benzene rings is 1. The van der Waals surface area contributed by atoms with E-state index >= 15 is 0 Å².